The Morgan fingerprint density at radius 3 is 3.04 bits per heavy atom. The monoisotopic (exact) mass is 313 g/mol. The Hall–Kier alpha value is -2.63. The number of methoxy groups -OCH3 is 1. The minimum atomic E-state index is -0.405. The summed E-state index contributed by atoms with van der Waals surface area (Å²) in [5.74, 6) is 0.718. The molecule has 1 aliphatic heterocycles. The molecule has 1 amide bonds. The van der Waals surface area contributed by atoms with E-state index in [1.165, 1.54) is 10.8 Å². The molecule has 0 spiro atoms. The fourth-order valence-electron chi connectivity index (χ4n) is 3.00. The van der Waals surface area contributed by atoms with Gasteiger partial charge in [-0.05, 0) is 36.6 Å². The van der Waals surface area contributed by atoms with Crippen molar-refractivity contribution >= 4 is 5.91 Å². The van der Waals surface area contributed by atoms with E-state index in [2.05, 4.69) is 4.98 Å². The van der Waals surface area contributed by atoms with Crippen LogP contribution in [0.2, 0.25) is 0 Å². The largest absolute Gasteiger partial charge is 0.497 e. The average Bonchev–Trinajstić information content (AvgIpc) is 3.07. The molecule has 120 valence electrons. The summed E-state index contributed by atoms with van der Waals surface area (Å²) in [6, 6.07) is 9.48. The zero-order chi connectivity index (χ0) is 16.2. The van der Waals surface area contributed by atoms with Gasteiger partial charge in [-0.3, -0.25) is 9.36 Å². The van der Waals surface area contributed by atoms with Crippen molar-refractivity contribution in [3.63, 3.8) is 0 Å². The zero-order valence-electron chi connectivity index (χ0n) is 13.0. The minimum Gasteiger partial charge on any atom is -0.497 e. The summed E-state index contributed by atoms with van der Waals surface area (Å²) >= 11 is 0. The summed E-state index contributed by atoms with van der Waals surface area (Å²) in [7, 11) is 1.63. The first-order chi connectivity index (χ1) is 11.2. The molecule has 1 unspecified atom stereocenters. The van der Waals surface area contributed by atoms with Gasteiger partial charge in [0.25, 0.3) is 0 Å². The predicted molar refractivity (Wildman–Crippen MR) is 85.2 cm³/mol. The summed E-state index contributed by atoms with van der Waals surface area (Å²) in [6.07, 6.45) is 4.89. The van der Waals surface area contributed by atoms with Gasteiger partial charge in [0.05, 0.1) is 13.2 Å². The maximum Gasteiger partial charge on any atom is 0.347 e. The Morgan fingerprint density at radius 1 is 1.39 bits per heavy atom. The molecule has 2 heterocycles. The molecular formula is C17H19N3O3. The van der Waals surface area contributed by atoms with E-state index in [0.29, 0.717) is 6.54 Å². The number of likely N-dealkylation sites (tertiary alicyclic amines) is 1. The van der Waals surface area contributed by atoms with E-state index in [1.54, 1.807) is 19.4 Å². The van der Waals surface area contributed by atoms with Crippen LogP contribution in [0.3, 0.4) is 0 Å². The van der Waals surface area contributed by atoms with Crippen molar-refractivity contribution < 1.29 is 9.53 Å². The van der Waals surface area contributed by atoms with Gasteiger partial charge < -0.3 is 9.64 Å². The minimum absolute atomic E-state index is 0.0210. The maximum absolute atomic E-state index is 12.6. The highest BCUT2D eigenvalue weighted by atomic mass is 16.5. The van der Waals surface area contributed by atoms with Crippen LogP contribution < -0.4 is 10.4 Å². The number of carbonyl (C=O) groups is 1. The van der Waals surface area contributed by atoms with E-state index in [4.69, 9.17) is 4.74 Å². The third-order valence-electron chi connectivity index (χ3n) is 4.14. The third-order valence-corrected chi connectivity index (χ3v) is 4.14. The first-order valence-electron chi connectivity index (χ1n) is 7.64. The Balaban J connectivity index is 1.79. The molecule has 0 bridgehead atoms. The average molecular weight is 313 g/mol. The van der Waals surface area contributed by atoms with Crippen LogP contribution in [0.4, 0.5) is 0 Å². The number of rotatable bonds is 4. The highest BCUT2D eigenvalue weighted by Crippen LogP contribution is 2.33. The van der Waals surface area contributed by atoms with Crippen LogP contribution in [0.1, 0.15) is 24.4 Å². The van der Waals surface area contributed by atoms with Crippen molar-refractivity contribution in [2.75, 3.05) is 13.7 Å². The van der Waals surface area contributed by atoms with E-state index in [0.717, 1.165) is 24.2 Å². The molecule has 1 aromatic carbocycles. The number of ether oxygens (including phenoxy) is 1. The number of hydrogen-bond donors (Lipinski definition) is 0. The van der Waals surface area contributed by atoms with Crippen molar-refractivity contribution in [2.24, 2.45) is 0 Å². The fourth-order valence-corrected chi connectivity index (χ4v) is 3.00. The van der Waals surface area contributed by atoms with Crippen molar-refractivity contribution in [3.05, 3.63) is 58.8 Å². The maximum atomic E-state index is 12.6. The van der Waals surface area contributed by atoms with Crippen molar-refractivity contribution in [1.29, 1.82) is 0 Å². The highest BCUT2D eigenvalue weighted by molar-refractivity contribution is 5.77. The Kier molecular flexibility index (Phi) is 4.41. The summed E-state index contributed by atoms with van der Waals surface area (Å²) in [5.41, 5.74) is 0.659. The van der Waals surface area contributed by atoms with E-state index in [1.807, 2.05) is 29.2 Å². The molecule has 2 aromatic rings. The molecule has 3 rings (SSSR count). The Labute approximate surface area is 134 Å². The summed E-state index contributed by atoms with van der Waals surface area (Å²) in [5, 5.41) is 0. The number of carbonyl (C=O) groups excluding carboxylic acids is 1. The number of nitrogens with zero attached hydrogens (tertiary/aromatic N) is 3. The van der Waals surface area contributed by atoms with Gasteiger partial charge in [-0.25, -0.2) is 9.78 Å². The number of hydrogen-bond acceptors (Lipinski definition) is 4. The van der Waals surface area contributed by atoms with Gasteiger partial charge in [0.15, 0.2) is 0 Å². The van der Waals surface area contributed by atoms with Crippen LogP contribution in [0.5, 0.6) is 5.75 Å². The van der Waals surface area contributed by atoms with Crippen LogP contribution in [-0.2, 0) is 11.3 Å². The molecule has 0 aliphatic carbocycles. The van der Waals surface area contributed by atoms with E-state index < -0.39 is 5.69 Å². The molecule has 1 saturated heterocycles. The molecular weight excluding hydrogens is 294 g/mol. The lowest BCUT2D eigenvalue weighted by Gasteiger charge is -2.25. The van der Waals surface area contributed by atoms with Gasteiger partial charge in [0.1, 0.15) is 12.3 Å². The lowest BCUT2D eigenvalue weighted by atomic mass is 10.0. The second-order valence-corrected chi connectivity index (χ2v) is 5.55. The second kappa shape index (κ2) is 6.64. The lowest BCUT2D eigenvalue weighted by molar-refractivity contribution is -0.132. The molecule has 1 aliphatic rings. The number of aromatic nitrogens is 2. The van der Waals surface area contributed by atoms with Crippen LogP contribution in [0, 0.1) is 0 Å². The van der Waals surface area contributed by atoms with Crippen LogP contribution in [0.15, 0.2) is 47.5 Å². The van der Waals surface area contributed by atoms with Gasteiger partial charge in [-0.2, -0.15) is 0 Å². The smallest absolute Gasteiger partial charge is 0.347 e. The quantitative estimate of drug-likeness (QED) is 0.860. The first-order valence-corrected chi connectivity index (χ1v) is 7.64. The van der Waals surface area contributed by atoms with E-state index in [-0.39, 0.29) is 18.5 Å². The molecule has 23 heavy (non-hydrogen) atoms. The zero-order valence-corrected chi connectivity index (χ0v) is 13.0. The standard InChI is InChI=1S/C17H19N3O3/c1-23-14-6-2-5-13(11-14)15-7-3-10-20(15)16(21)12-19-9-4-8-18-17(19)22/h2,4-6,8-9,11,15H,3,7,10,12H2,1H3. The van der Waals surface area contributed by atoms with Gasteiger partial charge in [-0.1, -0.05) is 12.1 Å². The third kappa shape index (κ3) is 3.26. The second-order valence-electron chi connectivity index (χ2n) is 5.55. The van der Waals surface area contributed by atoms with Gasteiger partial charge >= 0.3 is 5.69 Å². The molecule has 1 aromatic heterocycles. The molecule has 1 fully saturated rings. The Bertz CT molecular complexity index is 756. The van der Waals surface area contributed by atoms with Crippen LogP contribution >= 0.6 is 0 Å². The molecule has 6 nitrogen and oxygen atoms in total. The molecule has 0 radical (unpaired) electrons. The fraction of sp³-hybridized carbons (Fsp3) is 0.353. The van der Waals surface area contributed by atoms with Crippen molar-refractivity contribution in [2.45, 2.75) is 25.4 Å². The van der Waals surface area contributed by atoms with Crippen molar-refractivity contribution in [3.8, 4) is 5.75 Å². The number of amides is 1. The summed E-state index contributed by atoms with van der Waals surface area (Å²) in [4.78, 5) is 29.8. The van der Waals surface area contributed by atoms with Gasteiger partial charge in [0, 0.05) is 18.9 Å². The number of benzene rings is 1. The van der Waals surface area contributed by atoms with Crippen LogP contribution in [0.25, 0.3) is 0 Å². The first kappa shape index (κ1) is 15.3. The Morgan fingerprint density at radius 2 is 2.26 bits per heavy atom. The molecule has 6 heteroatoms. The van der Waals surface area contributed by atoms with Gasteiger partial charge in [-0.15, -0.1) is 0 Å². The lowest BCUT2D eigenvalue weighted by Crippen LogP contribution is -2.36. The molecule has 0 saturated carbocycles. The SMILES string of the molecule is COc1cccc(C2CCCN2C(=O)Cn2cccnc2=O)c1. The van der Waals surface area contributed by atoms with E-state index >= 15 is 0 Å². The van der Waals surface area contributed by atoms with Gasteiger partial charge in [0.2, 0.25) is 5.91 Å². The highest BCUT2D eigenvalue weighted by Gasteiger charge is 2.30. The summed E-state index contributed by atoms with van der Waals surface area (Å²) in [6.45, 7) is 0.725. The molecule has 0 N–H and O–H groups in total. The van der Waals surface area contributed by atoms with Crippen LogP contribution in [-0.4, -0.2) is 34.0 Å². The topological polar surface area (TPSA) is 64.4 Å². The normalized spacial score (nSPS) is 17.3. The van der Waals surface area contributed by atoms with E-state index in [9.17, 15) is 9.59 Å². The van der Waals surface area contributed by atoms with Crippen molar-refractivity contribution in [1.82, 2.24) is 14.5 Å². The summed E-state index contributed by atoms with van der Waals surface area (Å²) < 4.78 is 6.60. The predicted octanol–water partition coefficient (Wildman–Crippen LogP) is 1.62. The molecule has 1 atom stereocenters.